The number of carboxylic acid groups (broad SMARTS) is 1. The zero-order valence-corrected chi connectivity index (χ0v) is 10.5. The molecule has 1 rings (SSSR count). The number of aliphatic carboxylic acids is 1. The van der Waals surface area contributed by atoms with Gasteiger partial charge in [-0.2, -0.15) is 0 Å². The third-order valence-corrected chi connectivity index (χ3v) is 2.65. The van der Waals surface area contributed by atoms with E-state index in [-0.39, 0.29) is 30.9 Å². The van der Waals surface area contributed by atoms with Gasteiger partial charge < -0.3 is 10.4 Å². The van der Waals surface area contributed by atoms with Crippen LogP contribution in [0.1, 0.15) is 31.2 Å². The highest BCUT2D eigenvalue weighted by Gasteiger charge is 2.15. The van der Waals surface area contributed by atoms with Gasteiger partial charge in [-0.15, -0.1) is 0 Å². The van der Waals surface area contributed by atoms with Gasteiger partial charge in [0.25, 0.3) is 0 Å². The lowest BCUT2D eigenvalue weighted by molar-refractivity contribution is -0.136. The molecule has 1 amide bonds. The molecule has 104 valence electrons. The second kappa shape index (κ2) is 6.82. The maximum Gasteiger partial charge on any atom is 0.305 e. The Labute approximate surface area is 109 Å². The van der Waals surface area contributed by atoms with Gasteiger partial charge in [0, 0.05) is 19.0 Å². The molecule has 0 fully saturated rings. The number of hydrogen-bond acceptors (Lipinski definition) is 2. The minimum atomic E-state index is -1.00. The minimum absolute atomic E-state index is 0.0160. The van der Waals surface area contributed by atoms with Crippen molar-refractivity contribution in [2.24, 2.45) is 0 Å². The Hall–Kier alpha value is -1.98. The van der Waals surface area contributed by atoms with Crippen molar-refractivity contribution in [2.75, 3.05) is 6.54 Å². The Morgan fingerprint density at radius 1 is 1.37 bits per heavy atom. The fraction of sp³-hybridized carbons (Fsp3) is 0.385. The molecule has 6 heteroatoms. The van der Waals surface area contributed by atoms with E-state index < -0.39 is 23.5 Å². The molecular weight excluding hydrogens is 256 g/mol. The summed E-state index contributed by atoms with van der Waals surface area (Å²) in [6.07, 6.45) is -0.146. The molecule has 0 aliphatic carbocycles. The smallest absolute Gasteiger partial charge is 0.305 e. The lowest BCUT2D eigenvalue weighted by Crippen LogP contribution is -2.27. The predicted molar refractivity (Wildman–Crippen MR) is 64.7 cm³/mol. The molecule has 1 aromatic rings. The topological polar surface area (TPSA) is 66.4 Å². The number of carbonyl (C=O) groups excluding carboxylic acids is 1. The lowest BCUT2D eigenvalue weighted by atomic mass is 9.97. The van der Waals surface area contributed by atoms with Crippen molar-refractivity contribution in [1.29, 1.82) is 0 Å². The normalized spacial score (nSPS) is 11.9. The van der Waals surface area contributed by atoms with E-state index in [1.54, 1.807) is 6.92 Å². The first-order valence-corrected chi connectivity index (χ1v) is 5.83. The highest BCUT2D eigenvalue weighted by atomic mass is 19.1. The van der Waals surface area contributed by atoms with Crippen LogP contribution in [0.15, 0.2) is 18.2 Å². The first-order chi connectivity index (χ1) is 8.90. The maximum atomic E-state index is 13.5. The molecule has 0 spiro atoms. The average Bonchev–Trinajstić information content (AvgIpc) is 2.27. The fourth-order valence-corrected chi connectivity index (χ4v) is 1.67. The van der Waals surface area contributed by atoms with Crippen molar-refractivity contribution < 1.29 is 23.5 Å². The van der Waals surface area contributed by atoms with E-state index in [4.69, 9.17) is 5.11 Å². The average molecular weight is 271 g/mol. The van der Waals surface area contributed by atoms with E-state index >= 15 is 0 Å². The molecule has 0 saturated carbocycles. The van der Waals surface area contributed by atoms with Crippen LogP contribution < -0.4 is 5.32 Å². The van der Waals surface area contributed by atoms with Crippen LogP contribution in [0.5, 0.6) is 0 Å². The predicted octanol–water partition coefficient (Wildman–Crippen LogP) is 2.05. The molecule has 0 radical (unpaired) electrons. The van der Waals surface area contributed by atoms with Gasteiger partial charge in [-0.25, -0.2) is 8.78 Å². The zero-order chi connectivity index (χ0) is 14.4. The first kappa shape index (κ1) is 15.1. The molecule has 19 heavy (non-hydrogen) atoms. The summed E-state index contributed by atoms with van der Waals surface area (Å²) in [6.45, 7) is 1.68. The summed E-state index contributed by atoms with van der Waals surface area (Å²) >= 11 is 0. The molecule has 0 heterocycles. The number of carbonyl (C=O) groups is 2. The number of halogens is 2. The van der Waals surface area contributed by atoms with E-state index in [1.165, 1.54) is 6.07 Å². The molecule has 0 aliphatic heterocycles. The van der Waals surface area contributed by atoms with Crippen molar-refractivity contribution in [3.8, 4) is 0 Å². The van der Waals surface area contributed by atoms with Gasteiger partial charge in [0.1, 0.15) is 11.6 Å². The minimum Gasteiger partial charge on any atom is -0.481 e. The van der Waals surface area contributed by atoms with Gasteiger partial charge >= 0.3 is 5.97 Å². The molecule has 2 N–H and O–H groups in total. The van der Waals surface area contributed by atoms with Crippen molar-refractivity contribution >= 4 is 11.9 Å². The third-order valence-electron chi connectivity index (χ3n) is 2.65. The van der Waals surface area contributed by atoms with Crippen LogP contribution in [-0.2, 0) is 9.59 Å². The second-order valence-electron chi connectivity index (χ2n) is 4.26. The van der Waals surface area contributed by atoms with Gasteiger partial charge in [-0.3, -0.25) is 9.59 Å². The molecule has 0 aromatic heterocycles. The standard InChI is InChI=1S/C13H15F2NO3/c1-8(6-12(17)16-5-4-13(18)19)10-3-2-9(14)7-11(10)15/h2-3,7-8H,4-6H2,1H3,(H,16,17)(H,18,19). The molecule has 1 aromatic carbocycles. The highest BCUT2D eigenvalue weighted by Crippen LogP contribution is 2.22. The van der Waals surface area contributed by atoms with Gasteiger partial charge in [-0.05, 0) is 17.5 Å². The van der Waals surface area contributed by atoms with Gasteiger partial charge in [0.15, 0.2) is 0 Å². The SMILES string of the molecule is CC(CC(=O)NCCC(=O)O)c1ccc(F)cc1F. The largest absolute Gasteiger partial charge is 0.481 e. The van der Waals surface area contributed by atoms with E-state index in [9.17, 15) is 18.4 Å². The van der Waals surface area contributed by atoms with Crippen LogP contribution in [0.2, 0.25) is 0 Å². The summed E-state index contributed by atoms with van der Waals surface area (Å²) < 4.78 is 26.2. The summed E-state index contributed by atoms with van der Waals surface area (Å²) in [6, 6.07) is 3.21. The van der Waals surface area contributed by atoms with Crippen LogP contribution in [0, 0.1) is 11.6 Å². The number of benzene rings is 1. The van der Waals surface area contributed by atoms with E-state index in [1.807, 2.05) is 0 Å². The summed E-state index contributed by atoms with van der Waals surface area (Å²) in [4.78, 5) is 21.8. The molecular formula is C13H15F2NO3. The van der Waals surface area contributed by atoms with Gasteiger partial charge in [0.05, 0.1) is 6.42 Å². The van der Waals surface area contributed by atoms with Gasteiger partial charge in [0.2, 0.25) is 5.91 Å². The van der Waals surface area contributed by atoms with Crippen molar-refractivity contribution in [3.05, 3.63) is 35.4 Å². The van der Waals surface area contributed by atoms with Crippen LogP contribution in [0.3, 0.4) is 0 Å². The number of nitrogens with one attached hydrogen (secondary N) is 1. The van der Waals surface area contributed by atoms with Crippen molar-refractivity contribution in [3.63, 3.8) is 0 Å². The van der Waals surface area contributed by atoms with E-state index in [2.05, 4.69) is 5.32 Å². The molecule has 0 bridgehead atoms. The Morgan fingerprint density at radius 2 is 2.05 bits per heavy atom. The van der Waals surface area contributed by atoms with Gasteiger partial charge in [-0.1, -0.05) is 13.0 Å². The highest BCUT2D eigenvalue weighted by molar-refractivity contribution is 5.77. The first-order valence-electron chi connectivity index (χ1n) is 5.83. The van der Waals surface area contributed by atoms with Crippen molar-refractivity contribution in [1.82, 2.24) is 5.32 Å². The second-order valence-corrected chi connectivity index (χ2v) is 4.26. The quantitative estimate of drug-likeness (QED) is 0.832. The lowest BCUT2D eigenvalue weighted by Gasteiger charge is -2.12. The Balaban J connectivity index is 2.52. The zero-order valence-electron chi connectivity index (χ0n) is 10.5. The van der Waals surface area contributed by atoms with E-state index in [0.29, 0.717) is 0 Å². The Kier molecular flexibility index (Phi) is 5.41. The number of carboxylic acids is 1. The summed E-state index contributed by atoms with van der Waals surface area (Å²) in [5, 5.41) is 10.8. The summed E-state index contributed by atoms with van der Waals surface area (Å²) in [5.41, 5.74) is 0.259. The monoisotopic (exact) mass is 271 g/mol. The fourth-order valence-electron chi connectivity index (χ4n) is 1.67. The van der Waals surface area contributed by atoms with Crippen LogP contribution in [-0.4, -0.2) is 23.5 Å². The molecule has 0 aliphatic rings. The molecule has 1 unspecified atom stereocenters. The van der Waals surface area contributed by atoms with Crippen LogP contribution in [0.25, 0.3) is 0 Å². The molecule has 1 atom stereocenters. The Morgan fingerprint density at radius 3 is 2.63 bits per heavy atom. The third kappa shape index (κ3) is 5.03. The number of amides is 1. The van der Waals surface area contributed by atoms with E-state index in [0.717, 1.165) is 12.1 Å². The molecule has 4 nitrogen and oxygen atoms in total. The maximum absolute atomic E-state index is 13.5. The van der Waals surface area contributed by atoms with Crippen molar-refractivity contribution in [2.45, 2.75) is 25.7 Å². The number of hydrogen-bond donors (Lipinski definition) is 2. The Bertz CT molecular complexity index is 477. The number of rotatable bonds is 6. The molecule has 0 saturated heterocycles. The summed E-state index contributed by atoms with van der Waals surface area (Å²) in [5.74, 6) is -3.13. The summed E-state index contributed by atoms with van der Waals surface area (Å²) in [7, 11) is 0. The van der Waals surface area contributed by atoms with Crippen LogP contribution in [0.4, 0.5) is 8.78 Å². The van der Waals surface area contributed by atoms with Crippen LogP contribution >= 0.6 is 0 Å².